The maximum Gasteiger partial charge on any atom is 0.337 e. The number of nitrogens with one attached hydrogen (secondary N) is 1. The Bertz CT molecular complexity index is 1150. The lowest BCUT2D eigenvalue weighted by atomic mass is 9.94. The predicted molar refractivity (Wildman–Crippen MR) is 120 cm³/mol. The van der Waals surface area contributed by atoms with Gasteiger partial charge >= 0.3 is 5.97 Å². The summed E-state index contributed by atoms with van der Waals surface area (Å²) in [4.78, 5) is 17.5. The van der Waals surface area contributed by atoms with Gasteiger partial charge in [-0.2, -0.15) is 0 Å². The minimum atomic E-state index is -0.422. The minimum absolute atomic E-state index is 0.388. The van der Waals surface area contributed by atoms with Crippen LogP contribution < -0.4 is 14.8 Å². The lowest BCUT2D eigenvalue weighted by molar-refractivity contribution is -0.136. The second-order valence-corrected chi connectivity index (χ2v) is 7.46. The molecule has 2 aromatic carbocycles. The van der Waals surface area contributed by atoms with E-state index in [9.17, 15) is 4.79 Å². The van der Waals surface area contributed by atoms with Gasteiger partial charge < -0.3 is 19.5 Å². The summed E-state index contributed by atoms with van der Waals surface area (Å²) in [5.74, 6) is 1.60. The number of imidazole rings is 1. The molecule has 0 saturated carbocycles. The van der Waals surface area contributed by atoms with Crippen LogP contribution in [-0.4, -0.2) is 36.3 Å². The Morgan fingerprint density at radius 3 is 2.71 bits per heavy atom. The number of carbonyl (C=O) groups excluding carboxylic acids is 1. The van der Waals surface area contributed by atoms with Crippen LogP contribution in [0.1, 0.15) is 38.3 Å². The highest BCUT2D eigenvalue weighted by atomic mass is 16.5. The molecule has 1 aromatic heterocycles. The van der Waals surface area contributed by atoms with Crippen LogP contribution in [0.15, 0.2) is 53.7 Å². The summed E-state index contributed by atoms with van der Waals surface area (Å²) in [6, 6.07) is 13.2. The van der Waals surface area contributed by atoms with Gasteiger partial charge in [-0.15, -0.1) is 0 Å². The number of para-hydroxylation sites is 2. The highest BCUT2D eigenvalue weighted by molar-refractivity contribution is 5.94. The molecule has 0 saturated heterocycles. The Labute approximate surface area is 181 Å². The minimum Gasteiger partial charge on any atom is -0.493 e. The highest BCUT2D eigenvalue weighted by Crippen LogP contribution is 2.41. The van der Waals surface area contributed by atoms with Gasteiger partial charge in [-0.1, -0.05) is 31.5 Å². The van der Waals surface area contributed by atoms with Gasteiger partial charge in [-0.05, 0) is 43.2 Å². The zero-order valence-corrected chi connectivity index (χ0v) is 18.3. The average molecular weight is 421 g/mol. The first-order valence-electron chi connectivity index (χ1n) is 10.4. The molecular formula is C24H27N3O4. The van der Waals surface area contributed by atoms with E-state index in [4.69, 9.17) is 19.2 Å². The molecule has 162 valence electrons. The number of carbonyl (C=O) groups is 1. The lowest BCUT2D eigenvalue weighted by Crippen LogP contribution is -2.28. The first-order valence-corrected chi connectivity index (χ1v) is 10.4. The van der Waals surface area contributed by atoms with Crippen molar-refractivity contribution in [3.05, 3.63) is 59.3 Å². The molecule has 7 heteroatoms. The first-order chi connectivity index (χ1) is 15.1. The van der Waals surface area contributed by atoms with E-state index in [-0.39, 0.29) is 5.97 Å². The number of esters is 1. The standard InChI is InChI=1S/C24H27N3O4/c1-5-6-13-31-19-12-11-16(14-20(19)29-3)22-21(23(28)30-4)15(2)25-24-26-17-9-7-8-10-18(17)27(22)24/h7-12,14,22H,5-6,13H2,1-4H3,(H,25,26)/t22-/m0/s1. The molecule has 0 aliphatic carbocycles. The molecule has 3 aromatic rings. The lowest BCUT2D eigenvalue weighted by Gasteiger charge is -2.30. The molecule has 1 N–H and O–H groups in total. The van der Waals surface area contributed by atoms with Crippen LogP contribution in [-0.2, 0) is 9.53 Å². The normalized spacial score (nSPS) is 15.4. The Kier molecular flexibility index (Phi) is 5.84. The largest absolute Gasteiger partial charge is 0.493 e. The fourth-order valence-electron chi connectivity index (χ4n) is 3.95. The van der Waals surface area contributed by atoms with E-state index < -0.39 is 6.04 Å². The number of fused-ring (bicyclic) bond motifs is 3. The molecular weight excluding hydrogens is 394 g/mol. The molecule has 31 heavy (non-hydrogen) atoms. The van der Waals surface area contributed by atoms with Crippen molar-refractivity contribution >= 4 is 23.0 Å². The molecule has 0 radical (unpaired) electrons. The Balaban J connectivity index is 1.87. The number of nitrogens with zero attached hydrogens (tertiary/aromatic N) is 2. The van der Waals surface area contributed by atoms with E-state index in [1.807, 2.05) is 54.0 Å². The topological polar surface area (TPSA) is 74.6 Å². The van der Waals surface area contributed by atoms with Gasteiger partial charge in [0.15, 0.2) is 11.5 Å². The number of rotatable bonds is 7. The Morgan fingerprint density at radius 2 is 1.97 bits per heavy atom. The molecule has 0 spiro atoms. The number of aromatic nitrogens is 2. The molecule has 0 fully saturated rings. The molecule has 1 aliphatic heterocycles. The predicted octanol–water partition coefficient (Wildman–Crippen LogP) is 4.69. The quantitative estimate of drug-likeness (QED) is 0.441. The molecule has 0 unspecified atom stereocenters. The second kappa shape index (κ2) is 8.71. The molecule has 0 amide bonds. The molecule has 2 heterocycles. The van der Waals surface area contributed by atoms with Crippen molar-refractivity contribution < 1.29 is 19.0 Å². The zero-order chi connectivity index (χ0) is 22.0. The highest BCUT2D eigenvalue weighted by Gasteiger charge is 2.35. The number of benzene rings is 2. The van der Waals surface area contributed by atoms with Crippen molar-refractivity contribution in [2.45, 2.75) is 32.7 Å². The van der Waals surface area contributed by atoms with Crippen LogP contribution in [0.25, 0.3) is 11.0 Å². The van der Waals surface area contributed by atoms with E-state index in [2.05, 4.69) is 12.2 Å². The van der Waals surface area contributed by atoms with Crippen LogP contribution in [0.3, 0.4) is 0 Å². The average Bonchev–Trinajstić information content (AvgIpc) is 3.15. The first kappa shape index (κ1) is 20.8. The molecule has 7 nitrogen and oxygen atoms in total. The molecule has 1 atom stereocenters. The maximum absolute atomic E-state index is 12.8. The fourth-order valence-corrected chi connectivity index (χ4v) is 3.95. The van der Waals surface area contributed by atoms with Crippen LogP contribution in [0.4, 0.5) is 5.95 Å². The number of methoxy groups -OCH3 is 2. The summed E-state index contributed by atoms with van der Waals surface area (Å²) >= 11 is 0. The van der Waals surface area contributed by atoms with E-state index in [1.54, 1.807) is 7.11 Å². The Hall–Kier alpha value is -3.48. The van der Waals surface area contributed by atoms with E-state index in [0.717, 1.165) is 29.4 Å². The Morgan fingerprint density at radius 1 is 1.16 bits per heavy atom. The number of anilines is 1. The number of unbranched alkanes of at least 4 members (excludes halogenated alkanes) is 1. The van der Waals surface area contributed by atoms with Crippen molar-refractivity contribution in [2.24, 2.45) is 0 Å². The monoisotopic (exact) mass is 421 g/mol. The van der Waals surface area contributed by atoms with Crippen LogP contribution in [0, 0.1) is 0 Å². The van der Waals surface area contributed by atoms with Crippen LogP contribution in [0.2, 0.25) is 0 Å². The summed E-state index contributed by atoms with van der Waals surface area (Å²) < 4.78 is 18.7. The summed E-state index contributed by atoms with van der Waals surface area (Å²) in [5.41, 5.74) is 3.89. The van der Waals surface area contributed by atoms with Gasteiger partial charge in [0, 0.05) is 5.70 Å². The number of allylic oxidation sites excluding steroid dienone is 1. The van der Waals surface area contributed by atoms with Crippen molar-refractivity contribution in [1.29, 1.82) is 0 Å². The molecule has 4 rings (SSSR count). The molecule has 0 bridgehead atoms. The van der Waals surface area contributed by atoms with Crippen molar-refractivity contribution in [1.82, 2.24) is 9.55 Å². The maximum atomic E-state index is 12.8. The van der Waals surface area contributed by atoms with Gasteiger partial charge in [0.2, 0.25) is 5.95 Å². The van der Waals surface area contributed by atoms with Crippen molar-refractivity contribution in [2.75, 3.05) is 26.1 Å². The van der Waals surface area contributed by atoms with E-state index >= 15 is 0 Å². The van der Waals surface area contributed by atoms with Gasteiger partial charge in [0.1, 0.15) is 0 Å². The number of hydrogen-bond acceptors (Lipinski definition) is 6. The third kappa shape index (κ3) is 3.71. The van der Waals surface area contributed by atoms with Gasteiger partial charge in [-0.25, -0.2) is 9.78 Å². The van der Waals surface area contributed by atoms with Gasteiger partial charge in [0.25, 0.3) is 0 Å². The van der Waals surface area contributed by atoms with Crippen LogP contribution >= 0.6 is 0 Å². The summed E-state index contributed by atoms with van der Waals surface area (Å²) in [6.07, 6.45) is 2.02. The smallest absolute Gasteiger partial charge is 0.337 e. The van der Waals surface area contributed by atoms with E-state index in [1.165, 1.54) is 7.11 Å². The van der Waals surface area contributed by atoms with Gasteiger partial charge in [-0.3, -0.25) is 4.57 Å². The van der Waals surface area contributed by atoms with Crippen molar-refractivity contribution in [3.63, 3.8) is 0 Å². The second-order valence-electron chi connectivity index (χ2n) is 7.46. The number of hydrogen-bond donors (Lipinski definition) is 1. The zero-order valence-electron chi connectivity index (χ0n) is 18.3. The number of ether oxygens (including phenoxy) is 3. The third-order valence-corrected chi connectivity index (χ3v) is 5.49. The summed E-state index contributed by atoms with van der Waals surface area (Å²) in [7, 11) is 3.01. The third-order valence-electron chi connectivity index (χ3n) is 5.49. The SMILES string of the molecule is CCCCOc1ccc([C@H]2C(C(=O)OC)=C(C)Nc3nc4ccccc4n32)cc1OC. The summed E-state index contributed by atoms with van der Waals surface area (Å²) in [6.45, 7) is 4.61. The molecule has 1 aliphatic rings. The summed E-state index contributed by atoms with van der Waals surface area (Å²) in [5, 5.41) is 3.26. The van der Waals surface area contributed by atoms with Gasteiger partial charge in [0.05, 0.1) is 43.5 Å². The fraction of sp³-hybridized carbons (Fsp3) is 0.333. The van der Waals surface area contributed by atoms with E-state index in [0.29, 0.717) is 35.3 Å². The van der Waals surface area contributed by atoms with Crippen molar-refractivity contribution in [3.8, 4) is 11.5 Å². The van der Waals surface area contributed by atoms with Crippen LogP contribution in [0.5, 0.6) is 11.5 Å².